The van der Waals surface area contributed by atoms with Crippen LogP contribution >= 0.6 is 11.3 Å². The van der Waals surface area contributed by atoms with Crippen LogP contribution in [-0.2, 0) is 11.3 Å². The SMILES string of the molecule is CCC(C)C(N)C(=O)NCc1cscn1. The Morgan fingerprint density at radius 2 is 2.47 bits per heavy atom. The summed E-state index contributed by atoms with van der Waals surface area (Å²) in [6.45, 7) is 4.47. The van der Waals surface area contributed by atoms with Crippen molar-refractivity contribution in [1.29, 1.82) is 0 Å². The Bertz CT molecular complexity index is 300. The van der Waals surface area contributed by atoms with E-state index >= 15 is 0 Å². The summed E-state index contributed by atoms with van der Waals surface area (Å²) in [5.74, 6) is 0.109. The predicted molar refractivity (Wildman–Crippen MR) is 61.4 cm³/mol. The van der Waals surface area contributed by atoms with Gasteiger partial charge in [0.05, 0.1) is 23.8 Å². The fourth-order valence-electron chi connectivity index (χ4n) is 1.13. The first kappa shape index (κ1) is 12.1. The molecule has 0 fully saturated rings. The van der Waals surface area contributed by atoms with Crippen molar-refractivity contribution in [3.63, 3.8) is 0 Å². The van der Waals surface area contributed by atoms with Crippen molar-refractivity contribution in [2.45, 2.75) is 32.9 Å². The molecule has 1 heterocycles. The van der Waals surface area contributed by atoms with Gasteiger partial charge >= 0.3 is 0 Å². The highest BCUT2D eigenvalue weighted by atomic mass is 32.1. The topological polar surface area (TPSA) is 68.0 Å². The van der Waals surface area contributed by atoms with Gasteiger partial charge in [0.15, 0.2) is 0 Å². The van der Waals surface area contributed by atoms with E-state index < -0.39 is 6.04 Å². The lowest BCUT2D eigenvalue weighted by atomic mass is 9.99. The molecule has 1 rings (SSSR count). The molecule has 2 atom stereocenters. The van der Waals surface area contributed by atoms with E-state index in [1.807, 2.05) is 19.2 Å². The highest BCUT2D eigenvalue weighted by Crippen LogP contribution is 2.06. The maximum atomic E-state index is 11.6. The zero-order valence-electron chi connectivity index (χ0n) is 9.06. The Balaban J connectivity index is 2.36. The highest BCUT2D eigenvalue weighted by Gasteiger charge is 2.18. The number of hydrogen-bond donors (Lipinski definition) is 2. The molecule has 0 aliphatic carbocycles. The molecule has 0 saturated heterocycles. The summed E-state index contributed by atoms with van der Waals surface area (Å²) in [6, 6.07) is -0.423. The van der Waals surface area contributed by atoms with Crippen LogP contribution in [0.2, 0.25) is 0 Å². The smallest absolute Gasteiger partial charge is 0.237 e. The number of aromatic nitrogens is 1. The fourth-order valence-corrected chi connectivity index (χ4v) is 1.69. The van der Waals surface area contributed by atoms with Gasteiger partial charge in [-0.05, 0) is 5.92 Å². The van der Waals surface area contributed by atoms with Gasteiger partial charge in [0.1, 0.15) is 0 Å². The summed E-state index contributed by atoms with van der Waals surface area (Å²) in [6.07, 6.45) is 0.908. The van der Waals surface area contributed by atoms with Crippen molar-refractivity contribution in [3.8, 4) is 0 Å². The van der Waals surface area contributed by atoms with Crippen molar-refractivity contribution in [1.82, 2.24) is 10.3 Å². The van der Waals surface area contributed by atoms with E-state index in [4.69, 9.17) is 5.73 Å². The standard InChI is InChI=1S/C10H17N3OS/c1-3-7(2)9(11)10(14)12-4-8-5-15-6-13-8/h5-7,9H,3-4,11H2,1-2H3,(H,12,14). The third kappa shape index (κ3) is 3.60. The van der Waals surface area contributed by atoms with Crippen LogP contribution in [-0.4, -0.2) is 16.9 Å². The predicted octanol–water partition coefficient (Wildman–Crippen LogP) is 1.13. The van der Waals surface area contributed by atoms with Gasteiger partial charge in [-0.3, -0.25) is 4.79 Å². The molecule has 0 aliphatic rings. The molecule has 1 amide bonds. The maximum absolute atomic E-state index is 11.6. The molecule has 0 radical (unpaired) electrons. The lowest BCUT2D eigenvalue weighted by molar-refractivity contribution is -0.123. The number of nitrogens with zero attached hydrogens (tertiary/aromatic N) is 1. The number of thiazole rings is 1. The van der Waals surface area contributed by atoms with Crippen molar-refractivity contribution in [2.24, 2.45) is 11.7 Å². The fraction of sp³-hybridized carbons (Fsp3) is 0.600. The van der Waals surface area contributed by atoms with Gasteiger partial charge < -0.3 is 11.1 Å². The number of rotatable bonds is 5. The van der Waals surface area contributed by atoms with E-state index in [9.17, 15) is 4.79 Å². The van der Waals surface area contributed by atoms with Crippen LogP contribution in [0.5, 0.6) is 0 Å². The number of carbonyl (C=O) groups is 1. The Labute approximate surface area is 93.9 Å². The molecular formula is C10H17N3OS. The van der Waals surface area contributed by atoms with Crippen molar-refractivity contribution >= 4 is 17.2 Å². The summed E-state index contributed by atoms with van der Waals surface area (Å²) in [7, 11) is 0. The quantitative estimate of drug-likeness (QED) is 0.792. The molecule has 0 saturated carbocycles. The first-order valence-electron chi connectivity index (χ1n) is 5.05. The molecule has 4 nitrogen and oxygen atoms in total. The summed E-state index contributed by atoms with van der Waals surface area (Å²) in [4.78, 5) is 15.7. The van der Waals surface area contributed by atoms with E-state index in [0.29, 0.717) is 6.54 Å². The summed E-state index contributed by atoms with van der Waals surface area (Å²) in [5.41, 5.74) is 8.41. The number of amides is 1. The van der Waals surface area contributed by atoms with Crippen LogP contribution in [0.1, 0.15) is 26.0 Å². The molecule has 0 aliphatic heterocycles. The van der Waals surface area contributed by atoms with E-state index in [1.54, 1.807) is 5.51 Å². The largest absolute Gasteiger partial charge is 0.349 e. The lowest BCUT2D eigenvalue weighted by Crippen LogP contribution is -2.44. The third-order valence-electron chi connectivity index (χ3n) is 2.49. The second-order valence-corrected chi connectivity index (χ2v) is 4.33. The van der Waals surface area contributed by atoms with Crippen molar-refractivity contribution < 1.29 is 4.79 Å². The number of nitrogens with one attached hydrogen (secondary N) is 1. The van der Waals surface area contributed by atoms with Gasteiger partial charge in [0.2, 0.25) is 5.91 Å². The average molecular weight is 227 g/mol. The normalized spacial score (nSPS) is 14.6. The molecule has 1 aromatic rings. The first-order chi connectivity index (χ1) is 7.15. The Morgan fingerprint density at radius 1 is 1.73 bits per heavy atom. The van der Waals surface area contributed by atoms with E-state index in [-0.39, 0.29) is 11.8 Å². The van der Waals surface area contributed by atoms with Crippen LogP contribution in [0, 0.1) is 5.92 Å². The zero-order valence-corrected chi connectivity index (χ0v) is 9.88. The number of hydrogen-bond acceptors (Lipinski definition) is 4. The number of nitrogens with two attached hydrogens (primary N) is 1. The van der Waals surface area contributed by atoms with Gasteiger partial charge in [0.25, 0.3) is 0 Å². The zero-order chi connectivity index (χ0) is 11.3. The molecule has 1 aromatic heterocycles. The molecule has 0 aromatic carbocycles. The molecular weight excluding hydrogens is 210 g/mol. The van der Waals surface area contributed by atoms with E-state index in [1.165, 1.54) is 11.3 Å². The minimum atomic E-state index is -0.423. The van der Waals surface area contributed by atoms with Crippen LogP contribution in [0.25, 0.3) is 0 Å². The summed E-state index contributed by atoms with van der Waals surface area (Å²) >= 11 is 1.52. The van der Waals surface area contributed by atoms with Crippen molar-refractivity contribution in [3.05, 3.63) is 16.6 Å². The summed E-state index contributed by atoms with van der Waals surface area (Å²) < 4.78 is 0. The van der Waals surface area contributed by atoms with Gasteiger partial charge in [0, 0.05) is 5.38 Å². The van der Waals surface area contributed by atoms with Gasteiger partial charge in [-0.15, -0.1) is 11.3 Å². The molecule has 84 valence electrons. The van der Waals surface area contributed by atoms with Crippen LogP contribution < -0.4 is 11.1 Å². The first-order valence-corrected chi connectivity index (χ1v) is 5.99. The summed E-state index contributed by atoms with van der Waals surface area (Å²) in [5, 5.41) is 4.69. The molecule has 0 spiro atoms. The van der Waals surface area contributed by atoms with Gasteiger partial charge in [-0.2, -0.15) is 0 Å². The average Bonchev–Trinajstić information content (AvgIpc) is 2.76. The highest BCUT2D eigenvalue weighted by molar-refractivity contribution is 7.07. The van der Waals surface area contributed by atoms with E-state index in [2.05, 4.69) is 10.3 Å². The minimum Gasteiger partial charge on any atom is -0.349 e. The second kappa shape index (κ2) is 5.82. The minimum absolute atomic E-state index is 0.0997. The van der Waals surface area contributed by atoms with Crippen LogP contribution in [0.3, 0.4) is 0 Å². The Morgan fingerprint density at radius 3 is 3.00 bits per heavy atom. The van der Waals surface area contributed by atoms with Gasteiger partial charge in [-0.1, -0.05) is 20.3 Å². The molecule has 0 bridgehead atoms. The van der Waals surface area contributed by atoms with Gasteiger partial charge in [-0.25, -0.2) is 4.98 Å². The molecule has 3 N–H and O–H groups in total. The maximum Gasteiger partial charge on any atom is 0.237 e. The lowest BCUT2D eigenvalue weighted by Gasteiger charge is -2.17. The Kier molecular flexibility index (Phi) is 4.71. The third-order valence-corrected chi connectivity index (χ3v) is 3.12. The van der Waals surface area contributed by atoms with Crippen LogP contribution in [0.15, 0.2) is 10.9 Å². The molecule has 5 heteroatoms. The van der Waals surface area contributed by atoms with Crippen molar-refractivity contribution in [2.75, 3.05) is 0 Å². The Hall–Kier alpha value is -0.940. The number of carbonyl (C=O) groups excluding carboxylic acids is 1. The van der Waals surface area contributed by atoms with Crippen LogP contribution in [0.4, 0.5) is 0 Å². The second-order valence-electron chi connectivity index (χ2n) is 3.61. The molecule has 2 unspecified atom stereocenters. The molecule has 15 heavy (non-hydrogen) atoms. The van der Waals surface area contributed by atoms with E-state index in [0.717, 1.165) is 12.1 Å². The monoisotopic (exact) mass is 227 g/mol.